The number of fused-ring (bicyclic) bond motifs is 3. The van der Waals surface area contributed by atoms with Gasteiger partial charge < -0.3 is 5.73 Å². The highest BCUT2D eigenvalue weighted by Crippen LogP contribution is 2.25. The summed E-state index contributed by atoms with van der Waals surface area (Å²) in [6.07, 6.45) is 9.02. The molecule has 2 atom stereocenters. The Morgan fingerprint density at radius 2 is 1.94 bits per heavy atom. The zero-order chi connectivity index (χ0) is 11.7. The van der Waals surface area contributed by atoms with Gasteiger partial charge in [-0.25, -0.2) is 0 Å². The Bertz CT molecular complexity index is 292. The minimum absolute atomic E-state index is 0.288. The fourth-order valence-corrected chi connectivity index (χ4v) is 3.59. The van der Waals surface area contributed by atoms with Crippen molar-refractivity contribution in [2.24, 2.45) is 5.73 Å². The summed E-state index contributed by atoms with van der Waals surface area (Å²) in [5.41, 5.74) is 8.09. The van der Waals surface area contributed by atoms with E-state index in [1.807, 2.05) is 0 Å². The van der Waals surface area contributed by atoms with Gasteiger partial charge >= 0.3 is 0 Å². The lowest BCUT2D eigenvalue weighted by molar-refractivity contribution is 0.00671. The van der Waals surface area contributed by atoms with Crippen LogP contribution in [0.4, 0.5) is 0 Å². The molecular weight excluding hydrogens is 210 g/mol. The Morgan fingerprint density at radius 1 is 1.12 bits per heavy atom. The summed E-state index contributed by atoms with van der Waals surface area (Å²) >= 11 is 0. The molecule has 0 aromatic carbocycles. The van der Waals surface area contributed by atoms with E-state index in [1.165, 1.54) is 64.8 Å². The normalized spacial score (nSPS) is 39.6. The summed E-state index contributed by atoms with van der Waals surface area (Å²) in [4.78, 5) is 5.21. The van der Waals surface area contributed by atoms with Crippen LogP contribution >= 0.6 is 0 Å². The van der Waals surface area contributed by atoms with Gasteiger partial charge in [0.15, 0.2) is 0 Å². The van der Waals surface area contributed by atoms with Gasteiger partial charge in [-0.3, -0.25) is 9.80 Å². The number of nitrogens with two attached hydrogens (primary N) is 1. The Hall–Kier alpha value is -0.380. The second-order valence-corrected chi connectivity index (χ2v) is 5.81. The second kappa shape index (κ2) is 5.09. The van der Waals surface area contributed by atoms with Crippen LogP contribution < -0.4 is 5.73 Å². The van der Waals surface area contributed by atoms with Crippen molar-refractivity contribution in [2.75, 3.05) is 32.7 Å². The van der Waals surface area contributed by atoms with Crippen molar-refractivity contribution < 1.29 is 0 Å². The Balaban J connectivity index is 1.68. The van der Waals surface area contributed by atoms with Crippen molar-refractivity contribution in [3.05, 3.63) is 11.6 Å². The van der Waals surface area contributed by atoms with Crippen LogP contribution in [0, 0.1) is 0 Å². The molecule has 0 radical (unpaired) electrons. The van der Waals surface area contributed by atoms with E-state index in [2.05, 4.69) is 15.9 Å². The van der Waals surface area contributed by atoms with Crippen molar-refractivity contribution in [1.82, 2.24) is 9.80 Å². The predicted octanol–water partition coefficient (Wildman–Crippen LogP) is 1.20. The van der Waals surface area contributed by atoms with Crippen molar-refractivity contribution >= 4 is 0 Å². The van der Waals surface area contributed by atoms with E-state index in [0.717, 1.165) is 0 Å². The van der Waals surface area contributed by atoms with Crippen LogP contribution in [0.1, 0.15) is 32.1 Å². The van der Waals surface area contributed by atoms with E-state index >= 15 is 0 Å². The third-order valence-electron chi connectivity index (χ3n) is 4.74. The largest absolute Gasteiger partial charge is 0.323 e. The van der Waals surface area contributed by atoms with Crippen molar-refractivity contribution in [3.63, 3.8) is 0 Å². The van der Waals surface area contributed by atoms with Gasteiger partial charge in [-0.15, -0.1) is 0 Å². The second-order valence-electron chi connectivity index (χ2n) is 5.81. The average molecular weight is 235 g/mol. The van der Waals surface area contributed by atoms with Crippen LogP contribution in [0.25, 0.3) is 0 Å². The molecule has 0 amide bonds. The summed E-state index contributed by atoms with van der Waals surface area (Å²) in [7, 11) is 0. The van der Waals surface area contributed by atoms with Gasteiger partial charge in [0.25, 0.3) is 0 Å². The van der Waals surface area contributed by atoms with Crippen molar-refractivity contribution in [2.45, 2.75) is 44.2 Å². The summed E-state index contributed by atoms with van der Waals surface area (Å²) in [6, 6.07) is 0.873. The first-order valence-corrected chi connectivity index (χ1v) is 7.25. The first-order valence-electron chi connectivity index (χ1n) is 7.25. The van der Waals surface area contributed by atoms with Gasteiger partial charge in [0.1, 0.15) is 0 Å². The maximum atomic E-state index is 6.54. The zero-order valence-corrected chi connectivity index (χ0v) is 10.8. The van der Waals surface area contributed by atoms with E-state index < -0.39 is 0 Å². The smallest absolute Gasteiger partial charge is 0.0424 e. The van der Waals surface area contributed by atoms with E-state index in [9.17, 15) is 0 Å². The molecule has 0 saturated carbocycles. The number of rotatable bonds is 2. The highest BCUT2D eigenvalue weighted by Gasteiger charge is 2.36. The Kier molecular flexibility index (Phi) is 3.50. The Labute approximate surface area is 105 Å². The fourth-order valence-electron chi connectivity index (χ4n) is 3.59. The van der Waals surface area contributed by atoms with E-state index in [0.29, 0.717) is 6.04 Å². The van der Waals surface area contributed by atoms with Gasteiger partial charge in [-0.1, -0.05) is 18.1 Å². The van der Waals surface area contributed by atoms with E-state index in [1.54, 1.807) is 5.57 Å². The van der Waals surface area contributed by atoms with Crippen LogP contribution in [0.15, 0.2) is 11.6 Å². The lowest BCUT2D eigenvalue weighted by Gasteiger charge is -2.49. The molecule has 0 spiro atoms. The van der Waals surface area contributed by atoms with Crippen molar-refractivity contribution in [1.29, 1.82) is 0 Å². The van der Waals surface area contributed by atoms with Crippen LogP contribution in [0.3, 0.4) is 0 Å². The minimum atomic E-state index is 0.288. The molecule has 3 aliphatic heterocycles. The number of hydrogen-bond acceptors (Lipinski definition) is 3. The van der Waals surface area contributed by atoms with Gasteiger partial charge in [-0.05, 0) is 25.7 Å². The van der Waals surface area contributed by atoms with Crippen molar-refractivity contribution in [3.8, 4) is 0 Å². The van der Waals surface area contributed by atoms with Crippen LogP contribution in [0.2, 0.25) is 0 Å². The lowest BCUT2D eigenvalue weighted by atomic mass is 9.92. The zero-order valence-electron chi connectivity index (χ0n) is 10.8. The molecule has 1 aliphatic carbocycles. The van der Waals surface area contributed by atoms with Gasteiger partial charge in [0, 0.05) is 44.8 Å². The first-order chi connectivity index (χ1) is 8.34. The predicted molar refractivity (Wildman–Crippen MR) is 70.9 cm³/mol. The molecule has 4 rings (SSSR count). The number of nitrogens with zero attached hydrogens (tertiary/aromatic N) is 2. The highest BCUT2D eigenvalue weighted by atomic mass is 15.3. The topological polar surface area (TPSA) is 32.5 Å². The molecule has 3 heterocycles. The molecule has 3 saturated heterocycles. The maximum absolute atomic E-state index is 6.54. The third-order valence-corrected chi connectivity index (χ3v) is 4.74. The maximum Gasteiger partial charge on any atom is 0.0424 e. The molecule has 17 heavy (non-hydrogen) atoms. The quantitative estimate of drug-likeness (QED) is 0.730. The lowest BCUT2D eigenvalue weighted by Crippen LogP contribution is -2.66. The summed E-state index contributed by atoms with van der Waals surface area (Å²) < 4.78 is 0. The number of allylic oxidation sites excluding steroid dienone is 1. The molecule has 2 N–H and O–H groups in total. The fraction of sp³-hybridized carbons (Fsp3) is 0.857. The number of hydrogen-bond donors (Lipinski definition) is 1. The summed E-state index contributed by atoms with van der Waals surface area (Å²) in [6.45, 7) is 6.15. The summed E-state index contributed by atoms with van der Waals surface area (Å²) in [5.74, 6) is 0. The molecule has 3 nitrogen and oxygen atoms in total. The minimum Gasteiger partial charge on any atom is -0.323 e. The molecular formula is C14H25N3. The molecule has 4 aliphatic rings. The Morgan fingerprint density at radius 3 is 2.65 bits per heavy atom. The molecule has 0 aromatic heterocycles. The molecule has 2 bridgehead atoms. The van der Waals surface area contributed by atoms with E-state index in [-0.39, 0.29) is 6.04 Å². The third kappa shape index (κ3) is 2.42. The number of piperazine rings is 3. The van der Waals surface area contributed by atoms with Gasteiger partial charge in [0.2, 0.25) is 0 Å². The average Bonchev–Trinajstić information content (AvgIpc) is 2.68. The van der Waals surface area contributed by atoms with Gasteiger partial charge in [-0.2, -0.15) is 0 Å². The van der Waals surface area contributed by atoms with E-state index in [4.69, 9.17) is 5.73 Å². The molecule has 3 fully saturated rings. The molecule has 96 valence electrons. The van der Waals surface area contributed by atoms with Crippen LogP contribution in [0.5, 0.6) is 0 Å². The molecule has 0 aromatic rings. The first kappa shape index (κ1) is 11.7. The summed E-state index contributed by atoms with van der Waals surface area (Å²) in [5, 5.41) is 0. The molecule has 2 unspecified atom stereocenters. The molecule has 3 heteroatoms. The highest BCUT2D eigenvalue weighted by molar-refractivity contribution is 5.16. The standard InChI is InChI=1S/C14H25N3/c15-14(12-5-3-1-2-4-6-12)13-11-16-7-9-17(13)10-8-16/h5,13-14H,1-4,6-11,15H2. The SMILES string of the molecule is NC(C1=CCCCCC1)C1CN2CCN1CC2. The van der Waals surface area contributed by atoms with Crippen LogP contribution in [-0.2, 0) is 0 Å². The monoisotopic (exact) mass is 235 g/mol. The van der Waals surface area contributed by atoms with Crippen LogP contribution in [-0.4, -0.2) is 54.6 Å². The van der Waals surface area contributed by atoms with Gasteiger partial charge in [0.05, 0.1) is 0 Å².